The number of azide groups is 1. The van der Waals surface area contributed by atoms with E-state index in [1.165, 1.54) is 18.2 Å². The summed E-state index contributed by atoms with van der Waals surface area (Å²) in [5.74, 6) is -2.77. The first-order valence-corrected chi connectivity index (χ1v) is 10.7. The lowest BCUT2D eigenvalue weighted by Gasteiger charge is -2.27. The molecule has 1 aromatic carbocycles. The number of benzene rings is 1. The molecule has 0 saturated carbocycles. The van der Waals surface area contributed by atoms with Crippen molar-refractivity contribution in [3.05, 3.63) is 39.8 Å². The van der Waals surface area contributed by atoms with Gasteiger partial charge in [-0.15, -0.1) is 0 Å². The first-order chi connectivity index (χ1) is 15.9. The number of nitrogens with zero attached hydrogens (tertiary/aromatic N) is 4. The third kappa shape index (κ3) is 5.66. The van der Waals surface area contributed by atoms with Crippen molar-refractivity contribution in [3.8, 4) is 5.75 Å². The number of carbonyl (C=O) groups is 5. The van der Waals surface area contributed by atoms with E-state index in [0.717, 1.165) is 30.6 Å². The molecule has 5 amide bonds. The number of amides is 5. The van der Waals surface area contributed by atoms with Gasteiger partial charge in [0.05, 0.1) is 11.1 Å². The lowest BCUT2D eigenvalue weighted by molar-refractivity contribution is -0.136. The van der Waals surface area contributed by atoms with Crippen LogP contribution in [-0.2, 0) is 14.4 Å². The molecule has 1 fully saturated rings. The van der Waals surface area contributed by atoms with Crippen LogP contribution < -0.4 is 15.4 Å². The molecule has 0 spiro atoms. The Morgan fingerprint density at radius 1 is 1.18 bits per heavy atom. The van der Waals surface area contributed by atoms with E-state index in [1.54, 1.807) is 0 Å². The summed E-state index contributed by atoms with van der Waals surface area (Å²) in [6.45, 7) is 0.574. The minimum absolute atomic E-state index is 0.0000261. The number of unbranched alkanes of at least 4 members (excludes halogenated alkanes) is 3. The van der Waals surface area contributed by atoms with E-state index in [1.807, 2.05) is 0 Å². The summed E-state index contributed by atoms with van der Waals surface area (Å²) >= 11 is 0. The number of fused-ring (bicyclic) bond motifs is 1. The van der Waals surface area contributed by atoms with Crippen LogP contribution >= 0.6 is 0 Å². The van der Waals surface area contributed by atoms with Crippen molar-refractivity contribution in [2.75, 3.05) is 19.7 Å². The van der Waals surface area contributed by atoms with Crippen molar-refractivity contribution in [2.24, 2.45) is 5.11 Å². The summed E-state index contributed by atoms with van der Waals surface area (Å²) in [7, 11) is 0. The maximum Gasteiger partial charge on any atom is 0.266 e. The van der Waals surface area contributed by atoms with Crippen LogP contribution in [0.2, 0.25) is 0 Å². The normalized spacial score (nSPS) is 17.3. The predicted octanol–water partition coefficient (Wildman–Crippen LogP) is 1.45. The van der Waals surface area contributed by atoms with Crippen molar-refractivity contribution in [1.82, 2.24) is 15.5 Å². The largest absolute Gasteiger partial charge is 0.483 e. The van der Waals surface area contributed by atoms with E-state index in [9.17, 15) is 24.0 Å². The van der Waals surface area contributed by atoms with Gasteiger partial charge in [0.2, 0.25) is 11.8 Å². The van der Waals surface area contributed by atoms with Crippen molar-refractivity contribution in [3.63, 3.8) is 0 Å². The fourth-order valence-corrected chi connectivity index (χ4v) is 3.73. The van der Waals surface area contributed by atoms with Gasteiger partial charge in [-0.25, -0.2) is 0 Å². The lowest BCUT2D eigenvalue weighted by atomic mass is 10.0. The van der Waals surface area contributed by atoms with Crippen LogP contribution in [0.1, 0.15) is 59.2 Å². The summed E-state index contributed by atoms with van der Waals surface area (Å²) in [6, 6.07) is 3.39. The van der Waals surface area contributed by atoms with E-state index in [0.29, 0.717) is 13.1 Å². The molecule has 1 atom stereocenters. The van der Waals surface area contributed by atoms with Crippen LogP contribution in [0.25, 0.3) is 10.4 Å². The number of piperidine rings is 1. The van der Waals surface area contributed by atoms with E-state index in [4.69, 9.17) is 10.3 Å². The highest BCUT2D eigenvalue weighted by atomic mass is 16.5. The maximum atomic E-state index is 13.0. The average Bonchev–Trinajstić information content (AvgIpc) is 3.05. The van der Waals surface area contributed by atoms with Gasteiger partial charge in [-0.05, 0) is 36.9 Å². The standard InChI is InChI=1S/C21H24N6O6/c22-26-24-11-4-2-1-3-10-23-17(29)12-33-15-7-5-6-13-18(15)21(32)27(20(13)31)14-8-9-16(28)25-19(14)30/h5-7,14H,1-4,8-12H2,(H,23,29)(H,25,28,30). The van der Waals surface area contributed by atoms with Crippen LogP contribution in [0.3, 0.4) is 0 Å². The Morgan fingerprint density at radius 3 is 2.73 bits per heavy atom. The van der Waals surface area contributed by atoms with Crippen molar-refractivity contribution < 1.29 is 28.7 Å². The minimum Gasteiger partial charge on any atom is -0.483 e. The van der Waals surface area contributed by atoms with Gasteiger partial charge in [0.15, 0.2) is 6.61 Å². The molecule has 2 N–H and O–H groups in total. The highest BCUT2D eigenvalue weighted by molar-refractivity contribution is 6.24. The summed E-state index contributed by atoms with van der Waals surface area (Å²) in [6.07, 6.45) is 3.41. The molecule has 174 valence electrons. The fourth-order valence-electron chi connectivity index (χ4n) is 3.73. The zero-order chi connectivity index (χ0) is 23.8. The molecular weight excluding hydrogens is 432 g/mol. The number of hydrogen-bond acceptors (Lipinski definition) is 7. The quantitative estimate of drug-likeness (QED) is 0.168. The summed E-state index contributed by atoms with van der Waals surface area (Å²) in [5.41, 5.74) is 8.29. The Kier molecular flexibility index (Phi) is 7.98. The van der Waals surface area contributed by atoms with E-state index < -0.39 is 29.7 Å². The molecule has 2 aliphatic heterocycles. The second kappa shape index (κ2) is 11.1. The van der Waals surface area contributed by atoms with Gasteiger partial charge in [0.25, 0.3) is 17.7 Å². The van der Waals surface area contributed by atoms with Crippen LogP contribution in [0.5, 0.6) is 5.75 Å². The highest BCUT2D eigenvalue weighted by Gasteiger charge is 2.46. The number of hydrogen-bond donors (Lipinski definition) is 2. The molecule has 3 rings (SSSR count). The summed E-state index contributed by atoms with van der Waals surface area (Å²) in [4.78, 5) is 64.9. The van der Waals surface area contributed by atoms with Gasteiger partial charge < -0.3 is 10.1 Å². The number of imide groups is 2. The van der Waals surface area contributed by atoms with E-state index in [-0.39, 0.29) is 42.2 Å². The molecule has 12 heteroatoms. The molecular formula is C21H24N6O6. The highest BCUT2D eigenvalue weighted by Crippen LogP contribution is 2.33. The molecule has 0 radical (unpaired) electrons. The van der Waals surface area contributed by atoms with Crippen molar-refractivity contribution in [2.45, 2.75) is 44.6 Å². The Morgan fingerprint density at radius 2 is 1.97 bits per heavy atom. The molecule has 1 saturated heterocycles. The number of rotatable bonds is 11. The number of carbonyl (C=O) groups excluding carboxylic acids is 5. The maximum absolute atomic E-state index is 13.0. The second-order valence-corrected chi connectivity index (χ2v) is 7.63. The summed E-state index contributed by atoms with van der Waals surface area (Å²) < 4.78 is 5.52. The third-order valence-electron chi connectivity index (χ3n) is 5.36. The van der Waals surface area contributed by atoms with E-state index in [2.05, 4.69) is 20.7 Å². The number of ether oxygens (including phenoxy) is 1. The van der Waals surface area contributed by atoms with Crippen LogP contribution in [0.15, 0.2) is 23.3 Å². The van der Waals surface area contributed by atoms with Crippen molar-refractivity contribution >= 4 is 29.5 Å². The smallest absolute Gasteiger partial charge is 0.266 e. The zero-order valence-electron chi connectivity index (χ0n) is 17.9. The molecule has 2 aliphatic rings. The monoisotopic (exact) mass is 456 g/mol. The van der Waals surface area contributed by atoms with Gasteiger partial charge in [-0.3, -0.25) is 34.2 Å². The van der Waals surface area contributed by atoms with E-state index >= 15 is 0 Å². The summed E-state index contributed by atoms with van der Waals surface area (Å²) in [5, 5.41) is 8.32. The van der Waals surface area contributed by atoms with Gasteiger partial charge >= 0.3 is 0 Å². The predicted molar refractivity (Wildman–Crippen MR) is 114 cm³/mol. The van der Waals surface area contributed by atoms with Gasteiger partial charge in [-0.2, -0.15) is 0 Å². The average molecular weight is 456 g/mol. The van der Waals surface area contributed by atoms with Gasteiger partial charge in [0, 0.05) is 24.4 Å². The Balaban J connectivity index is 1.53. The minimum atomic E-state index is -1.07. The van der Waals surface area contributed by atoms with Crippen LogP contribution in [-0.4, -0.2) is 60.2 Å². The molecule has 1 unspecified atom stereocenters. The zero-order valence-corrected chi connectivity index (χ0v) is 17.9. The Labute approximate surface area is 189 Å². The third-order valence-corrected chi connectivity index (χ3v) is 5.36. The molecule has 0 bridgehead atoms. The Bertz CT molecular complexity index is 1020. The van der Waals surface area contributed by atoms with Crippen LogP contribution in [0, 0.1) is 0 Å². The molecule has 1 aromatic rings. The van der Waals surface area contributed by atoms with Gasteiger partial charge in [0.1, 0.15) is 11.8 Å². The number of nitrogens with one attached hydrogen (secondary N) is 2. The van der Waals surface area contributed by atoms with Gasteiger partial charge in [-0.1, -0.05) is 24.0 Å². The first kappa shape index (κ1) is 23.7. The Hall–Kier alpha value is -3.92. The second-order valence-electron chi connectivity index (χ2n) is 7.63. The molecule has 33 heavy (non-hydrogen) atoms. The van der Waals surface area contributed by atoms with Crippen LogP contribution in [0.4, 0.5) is 0 Å². The topological polar surface area (TPSA) is 171 Å². The van der Waals surface area contributed by atoms with Crippen molar-refractivity contribution in [1.29, 1.82) is 0 Å². The lowest BCUT2D eigenvalue weighted by Crippen LogP contribution is -2.54. The first-order valence-electron chi connectivity index (χ1n) is 10.7. The SMILES string of the molecule is [N-]=[N+]=NCCCCCCNC(=O)COc1cccc2c1C(=O)N(C1CCC(=O)NC1=O)C2=O. The molecule has 2 heterocycles. The molecule has 0 aromatic heterocycles. The fraction of sp³-hybridized carbons (Fsp3) is 0.476. The molecule has 0 aliphatic carbocycles. The molecule has 12 nitrogen and oxygen atoms in total.